The summed E-state index contributed by atoms with van der Waals surface area (Å²) in [6.07, 6.45) is 0. The third-order valence-corrected chi connectivity index (χ3v) is 2.78. The Kier molecular flexibility index (Phi) is 3.31. The summed E-state index contributed by atoms with van der Waals surface area (Å²) in [5.74, 6) is 0.335. The molecule has 2 aromatic rings. The van der Waals surface area contributed by atoms with E-state index < -0.39 is 11.4 Å². The van der Waals surface area contributed by atoms with Crippen molar-refractivity contribution in [3.63, 3.8) is 0 Å². The van der Waals surface area contributed by atoms with E-state index in [0.29, 0.717) is 5.75 Å². The molecule has 0 saturated carbocycles. The summed E-state index contributed by atoms with van der Waals surface area (Å²) >= 11 is -2.56. The van der Waals surface area contributed by atoms with Crippen LogP contribution in [0, 0.1) is 0 Å². The molecule has 0 heterocycles. The van der Waals surface area contributed by atoms with Crippen molar-refractivity contribution >= 4 is 27.8 Å². The van der Waals surface area contributed by atoms with Crippen LogP contribution in [0.3, 0.4) is 0 Å². The van der Waals surface area contributed by atoms with Crippen LogP contribution in [0.1, 0.15) is 0 Å². The van der Waals surface area contributed by atoms with E-state index in [1.165, 1.54) is 0 Å². The van der Waals surface area contributed by atoms with Crippen molar-refractivity contribution in [2.24, 2.45) is 0 Å². The lowest BCUT2D eigenvalue weighted by Gasteiger charge is -2.20. The number of fused-ring (bicyclic) bond motifs is 1. The van der Waals surface area contributed by atoms with Crippen LogP contribution in [0.4, 0.5) is 5.69 Å². The molecule has 0 fully saturated rings. The zero-order valence-electron chi connectivity index (χ0n) is 9.54. The average Bonchev–Trinajstić information content (AvgIpc) is 2.27. The van der Waals surface area contributed by atoms with Gasteiger partial charge < -0.3 is 13.6 Å². The highest BCUT2D eigenvalue weighted by Crippen LogP contribution is 2.35. The molecular weight excluding hydrogens is 238 g/mol. The second-order valence-corrected chi connectivity index (χ2v) is 4.39. The lowest BCUT2D eigenvalue weighted by atomic mass is 10.1. The van der Waals surface area contributed by atoms with E-state index in [0.717, 1.165) is 16.5 Å². The summed E-state index contributed by atoms with van der Waals surface area (Å²) in [5.41, 5.74) is 0.757. The summed E-state index contributed by atoms with van der Waals surface area (Å²) < 4.78 is 26.1. The molecule has 0 spiro atoms. The summed E-state index contributed by atoms with van der Waals surface area (Å²) in [6, 6.07) is 11.3. The molecule has 0 aliphatic carbocycles. The maximum Gasteiger partial charge on any atom is 0.163 e. The van der Waals surface area contributed by atoms with Gasteiger partial charge in [-0.3, -0.25) is 0 Å². The van der Waals surface area contributed by atoms with E-state index in [1.807, 2.05) is 49.3 Å². The Morgan fingerprint density at radius 1 is 1.18 bits per heavy atom. The van der Waals surface area contributed by atoms with Crippen molar-refractivity contribution in [1.82, 2.24) is 0 Å². The summed E-state index contributed by atoms with van der Waals surface area (Å²) in [5, 5.41) is 2.00. The van der Waals surface area contributed by atoms with E-state index in [1.54, 1.807) is 6.07 Å². The third kappa shape index (κ3) is 2.40. The Balaban J connectivity index is 2.68. The lowest BCUT2D eigenvalue weighted by Crippen LogP contribution is -2.12. The van der Waals surface area contributed by atoms with Crippen LogP contribution in [0.2, 0.25) is 0 Å². The molecule has 5 heteroatoms. The van der Waals surface area contributed by atoms with Crippen LogP contribution in [-0.2, 0) is 11.4 Å². The Morgan fingerprint density at radius 2 is 1.88 bits per heavy atom. The Morgan fingerprint density at radius 3 is 2.53 bits per heavy atom. The molecule has 1 atom stereocenters. The van der Waals surface area contributed by atoms with Gasteiger partial charge in [-0.2, -0.15) is 0 Å². The first-order valence-electron chi connectivity index (χ1n) is 5.06. The molecule has 17 heavy (non-hydrogen) atoms. The lowest BCUT2D eigenvalue weighted by molar-refractivity contribution is 0.441. The molecule has 90 valence electrons. The monoisotopic (exact) mass is 250 g/mol. The second kappa shape index (κ2) is 4.73. The highest BCUT2D eigenvalue weighted by atomic mass is 32.2. The first-order chi connectivity index (χ1) is 8.09. The normalized spacial score (nSPS) is 12.4. The zero-order valence-corrected chi connectivity index (χ0v) is 10.4. The largest absolute Gasteiger partial charge is 0.740 e. The SMILES string of the molecule is CN(C)c1c(OS(=O)[O-])ccc2ccccc12. The van der Waals surface area contributed by atoms with E-state index in [2.05, 4.69) is 0 Å². The first kappa shape index (κ1) is 11.9. The molecule has 0 aromatic heterocycles. The molecule has 1 unspecified atom stereocenters. The van der Waals surface area contributed by atoms with E-state index >= 15 is 0 Å². The van der Waals surface area contributed by atoms with Gasteiger partial charge in [0.15, 0.2) is 5.75 Å². The number of anilines is 1. The van der Waals surface area contributed by atoms with Crippen molar-refractivity contribution in [1.29, 1.82) is 0 Å². The van der Waals surface area contributed by atoms with Gasteiger partial charge in [0.2, 0.25) is 0 Å². The van der Waals surface area contributed by atoms with Gasteiger partial charge in [0, 0.05) is 19.5 Å². The second-order valence-electron chi connectivity index (χ2n) is 3.82. The molecule has 2 aromatic carbocycles. The van der Waals surface area contributed by atoms with Gasteiger partial charge in [-0.15, -0.1) is 0 Å². The topological polar surface area (TPSA) is 52.6 Å². The molecular formula is C12H12NO3S-. The highest BCUT2D eigenvalue weighted by Gasteiger charge is 2.10. The van der Waals surface area contributed by atoms with E-state index in [4.69, 9.17) is 4.18 Å². The van der Waals surface area contributed by atoms with Crippen LogP contribution in [0.25, 0.3) is 10.8 Å². The maximum absolute atomic E-state index is 10.6. The van der Waals surface area contributed by atoms with Gasteiger partial charge in [-0.25, -0.2) is 4.21 Å². The smallest absolute Gasteiger partial charge is 0.163 e. The van der Waals surface area contributed by atoms with Crippen molar-refractivity contribution in [2.75, 3.05) is 19.0 Å². The highest BCUT2D eigenvalue weighted by molar-refractivity contribution is 7.74. The van der Waals surface area contributed by atoms with Crippen LogP contribution >= 0.6 is 0 Å². The van der Waals surface area contributed by atoms with E-state index in [9.17, 15) is 8.76 Å². The van der Waals surface area contributed by atoms with Gasteiger partial charge in [-0.05, 0) is 11.5 Å². The van der Waals surface area contributed by atoms with Crippen LogP contribution in [0.15, 0.2) is 36.4 Å². The molecule has 0 aliphatic heterocycles. The van der Waals surface area contributed by atoms with Gasteiger partial charge >= 0.3 is 0 Å². The summed E-state index contributed by atoms with van der Waals surface area (Å²) in [4.78, 5) is 1.84. The summed E-state index contributed by atoms with van der Waals surface area (Å²) in [6.45, 7) is 0. The van der Waals surface area contributed by atoms with E-state index in [-0.39, 0.29) is 0 Å². The fraction of sp³-hybridized carbons (Fsp3) is 0.167. The third-order valence-electron chi connectivity index (χ3n) is 2.47. The van der Waals surface area contributed by atoms with Crippen molar-refractivity contribution in [2.45, 2.75) is 0 Å². The van der Waals surface area contributed by atoms with Gasteiger partial charge in [0.1, 0.15) is 11.4 Å². The standard InChI is InChI=1S/C12H13NO3S/c1-13(2)12-10-6-4-3-5-9(10)7-8-11(12)16-17(14)15/h3-8H,1-2H3,(H,14,15)/p-1. The Hall–Kier alpha value is -1.59. The molecule has 0 amide bonds. The Labute approximate surface area is 102 Å². The number of hydrogen-bond donors (Lipinski definition) is 0. The summed E-state index contributed by atoms with van der Waals surface area (Å²) in [7, 11) is 3.70. The molecule has 0 saturated heterocycles. The number of hydrogen-bond acceptors (Lipinski definition) is 4. The molecule has 0 aliphatic rings. The zero-order chi connectivity index (χ0) is 12.4. The van der Waals surface area contributed by atoms with Crippen LogP contribution < -0.4 is 9.08 Å². The van der Waals surface area contributed by atoms with Crippen LogP contribution in [-0.4, -0.2) is 22.9 Å². The minimum Gasteiger partial charge on any atom is -0.740 e. The Bertz CT molecular complexity index is 569. The van der Waals surface area contributed by atoms with Crippen LogP contribution in [0.5, 0.6) is 5.75 Å². The number of rotatable bonds is 3. The molecule has 0 N–H and O–H groups in total. The van der Waals surface area contributed by atoms with Gasteiger partial charge in [0.05, 0.1) is 5.69 Å². The fourth-order valence-electron chi connectivity index (χ4n) is 1.84. The predicted molar refractivity (Wildman–Crippen MR) is 67.8 cm³/mol. The van der Waals surface area contributed by atoms with Crippen molar-refractivity contribution < 1.29 is 12.9 Å². The van der Waals surface area contributed by atoms with Gasteiger partial charge in [0.25, 0.3) is 0 Å². The van der Waals surface area contributed by atoms with Gasteiger partial charge in [-0.1, -0.05) is 30.3 Å². The number of nitrogens with zero attached hydrogens (tertiary/aromatic N) is 1. The molecule has 0 bridgehead atoms. The molecule has 4 nitrogen and oxygen atoms in total. The molecule has 0 radical (unpaired) electrons. The minimum absolute atomic E-state index is 0.335. The predicted octanol–water partition coefficient (Wildman–Crippen LogP) is 2.08. The quantitative estimate of drug-likeness (QED) is 0.783. The van der Waals surface area contributed by atoms with Crippen molar-refractivity contribution in [3.05, 3.63) is 36.4 Å². The number of benzene rings is 2. The first-order valence-corrected chi connectivity index (χ1v) is 6.06. The maximum atomic E-state index is 10.6. The molecule has 2 rings (SSSR count). The van der Waals surface area contributed by atoms with Crippen molar-refractivity contribution in [3.8, 4) is 5.75 Å². The fourth-order valence-corrected chi connectivity index (χ4v) is 2.12. The minimum atomic E-state index is -2.56. The average molecular weight is 250 g/mol.